The van der Waals surface area contributed by atoms with Gasteiger partial charge in [-0.15, -0.1) is 0 Å². The zero-order valence-electron chi connectivity index (χ0n) is 16.5. The third-order valence-corrected chi connectivity index (χ3v) is 5.53. The van der Waals surface area contributed by atoms with E-state index in [1.165, 1.54) is 16.8 Å². The molecule has 27 heavy (non-hydrogen) atoms. The molecule has 1 fully saturated rings. The van der Waals surface area contributed by atoms with Crippen LogP contribution in [-0.2, 0) is 4.79 Å². The van der Waals surface area contributed by atoms with Crippen molar-refractivity contribution < 1.29 is 9.53 Å². The van der Waals surface area contributed by atoms with Crippen molar-refractivity contribution in [2.75, 3.05) is 31.1 Å². The molecule has 3 rings (SSSR count). The summed E-state index contributed by atoms with van der Waals surface area (Å²) in [5, 5.41) is 0.668. The lowest BCUT2D eigenvalue weighted by Gasteiger charge is -2.38. The Labute approximate surface area is 166 Å². The first-order chi connectivity index (χ1) is 12.9. The molecular weight excluding hydrogens is 360 g/mol. The number of anilines is 1. The zero-order valence-corrected chi connectivity index (χ0v) is 17.2. The number of carbonyl (C=O) groups is 1. The average Bonchev–Trinajstić information content (AvgIpc) is 2.66. The Morgan fingerprint density at radius 3 is 2.41 bits per heavy atom. The second kappa shape index (κ2) is 8.22. The Morgan fingerprint density at radius 1 is 1.04 bits per heavy atom. The minimum absolute atomic E-state index is 0.0324. The zero-order chi connectivity index (χ0) is 19.6. The van der Waals surface area contributed by atoms with E-state index in [9.17, 15) is 4.79 Å². The number of nitrogens with zero attached hydrogens (tertiary/aromatic N) is 2. The van der Waals surface area contributed by atoms with Gasteiger partial charge in [-0.2, -0.15) is 0 Å². The van der Waals surface area contributed by atoms with Gasteiger partial charge in [0, 0.05) is 36.9 Å². The molecule has 1 heterocycles. The number of hydrogen-bond donors (Lipinski definition) is 0. The van der Waals surface area contributed by atoms with Crippen LogP contribution < -0.4 is 9.64 Å². The Morgan fingerprint density at radius 2 is 1.74 bits per heavy atom. The average molecular weight is 387 g/mol. The molecule has 1 aliphatic heterocycles. The maximum atomic E-state index is 12.8. The summed E-state index contributed by atoms with van der Waals surface area (Å²) < 4.78 is 5.90. The summed E-state index contributed by atoms with van der Waals surface area (Å²) in [6, 6.07) is 11.8. The van der Waals surface area contributed by atoms with Crippen LogP contribution >= 0.6 is 11.6 Å². The van der Waals surface area contributed by atoms with E-state index in [0.717, 1.165) is 18.7 Å². The molecule has 0 spiro atoms. The van der Waals surface area contributed by atoms with Gasteiger partial charge in [-0.1, -0.05) is 23.7 Å². The van der Waals surface area contributed by atoms with Gasteiger partial charge in [0.05, 0.1) is 0 Å². The highest BCUT2D eigenvalue weighted by Gasteiger charge is 2.27. The molecule has 0 N–H and O–H groups in total. The number of halogens is 1. The lowest BCUT2D eigenvalue weighted by Crippen LogP contribution is -2.52. The summed E-state index contributed by atoms with van der Waals surface area (Å²) in [5.41, 5.74) is 4.81. The summed E-state index contributed by atoms with van der Waals surface area (Å²) in [6.07, 6.45) is -0.517. The second-order valence-corrected chi connectivity index (χ2v) is 7.64. The molecule has 4 nitrogen and oxygen atoms in total. The molecule has 1 aliphatic rings. The number of piperazine rings is 1. The van der Waals surface area contributed by atoms with Gasteiger partial charge < -0.3 is 14.5 Å². The van der Waals surface area contributed by atoms with Crippen molar-refractivity contribution in [1.82, 2.24) is 4.90 Å². The summed E-state index contributed by atoms with van der Waals surface area (Å²) >= 11 is 5.99. The highest BCUT2D eigenvalue weighted by Crippen LogP contribution is 2.25. The minimum atomic E-state index is -0.517. The van der Waals surface area contributed by atoms with Crippen LogP contribution in [0.5, 0.6) is 5.75 Å². The molecule has 0 bridgehead atoms. The number of ether oxygens (including phenoxy) is 1. The van der Waals surface area contributed by atoms with E-state index >= 15 is 0 Å². The number of benzene rings is 2. The van der Waals surface area contributed by atoms with Crippen LogP contribution in [0.25, 0.3) is 0 Å². The molecule has 1 amide bonds. The fourth-order valence-corrected chi connectivity index (χ4v) is 3.72. The van der Waals surface area contributed by atoms with E-state index in [0.29, 0.717) is 23.9 Å². The molecule has 144 valence electrons. The van der Waals surface area contributed by atoms with E-state index in [1.54, 1.807) is 6.07 Å². The molecule has 1 saturated heterocycles. The van der Waals surface area contributed by atoms with E-state index < -0.39 is 6.10 Å². The summed E-state index contributed by atoms with van der Waals surface area (Å²) in [7, 11) is 0. The lowest BCUT2D eigenvalue weighted by atomic mass is 10.1. The second-order valence-electron chi connectivity index (χ2n) is 7.20. The monoisotopic (exact) mass is 386 g/mol. The van der Waals surface area contributed by atoms with Crippen molar-refractivity contribution in [3.63, 3.8) is 0 Å². The first-order valence-corrected chi connectivity index (χ1v) is 9.77. The topological polar surface area (TPSA) is 32.8 Å². The maximum absolute atomic E-state index is 12.8. The quantitative estimate of drug-likeness (QED) is 0.781. The van der Waals surface area contributed by atoms with Gasteiger partial charge in [-0.25, -0.2) is 0 Å². The number of rotatable bonds is 4. The van der Waals surface area contributed by atoms with Crippen molar-refractivity contribution in [2.24, 2.45) is 0 Å². The van der Waals surface area contributed by atoms with Crippen LogP contribution in [-0.4, -0.2) is 43.1 Å². The first kappa shape index (κ1) is 19.6. The van der Waals surface area contributed by atoms with Gasteiger partial charge >= 0.3 is 0 Å². The molecule has 0 aliphatic carbocycles. The van der Waals surface area contributed by atoms with E-state index in [-0.39, 0.29) is 5.91 Å². The van der Waals surface area contributed by atoms with E-state index in [1.807, 2.05) is 30.9 Å². The van der Waals surface area contributed by atoms with Crippen LogP contribution in [0, 0.1) is 20.8 Å². The van der Waals surface area contributed by atoms with Crippen molar-refractivity contribution in [2.45, 2.75) is 33.8 Å². The molecule has 2 aromatic rings. The number of carbonyl (C=O) groups excluding carboxylic acids is 1. The van der Waals surface area contributed by atoms with Crippen molar-refractivity contribution in [1.29, 1.82) is 0 Å². The minimum Gasteiger partial charge on any atom is -0.481 e. The molecule has 0 saturated carbocycles. The largest absolute Gasteiger partial charge is 0.481 e. The van der Waals surface area contributed by atoms with Crippen molar-refractivity contribution in [3.8, 4) is 5.75 Å². The molecule has 2 aromatic carbocycles. The summed E-state index contributed by atoms with van der Waals surface area (Å²) in [4.78, 5) is 17.1. The third kappa shape index (κ3) is 4.38. The van der Waals surface area contributed by atoms with Crippen LogP contribution in [0.3, 0.4) is 0 Å². The Hall–Kier alpha value is -2.20. The predicted octanol–water partition coefficient (Wildman–Crippen LogP) is 4.38. The normalized spacial score (nSPS) is 15.6. The predicted molar refractivity (Wildman–Crippen MR) is 111 cm³/mol. The standard InChI is InChI=1S/C22H27ClN2O2/c1-15-6-5-7-20(17(15)3)24-10-12-25(13-11-24)22(26)18(4)27-21-9-8-19(23)14-16(21)2/h5-9,14,18H,10-13H2,1-4H3. The summed E-state index contributed by atoms with van der Waals surface area (Å²) in [5.74, 6) is 0.735. The molecule has 1 atom stereocenters. The molecule has 0 radical (unpaired) electrons. The highest BCUT2D eigenvalue weighted by atomic mass is 35.5. The molecule has 0 aromatic heterocycles. The van der Waals surface area contributed by atoms with E-state index in [2.05, 4.69) is 36.9 Å². The Bertz CT molecular complexity index is 829. The molecule has 5 heteroatoms. The third-order valence-electron chi connectivity index (χ3n) is 5.30. The van der Waals surface area contributed by atoms with Crippen LogP contribution in [0.4, 0.5) is 5.69 Å². The molecule has 1 unspecified atom stereocenters. The van der Waals surface area contributed by atoms with Crippen LogP contribution in [0.2, 0.25) is 5.02 Å². The number of aryl methyl sites for hydroxylation is 2. The maximum Gasteiger partial charge on any atom is 0.263 e. The fourth-order valence-electron chi connectivity index (χ4n) is 3.49. The van der Waals surface area contributed by atoms with Crippen molar-refractivity contribution >= 4 is 23.2 Å². The van der Waals surface area contributed by atoms with Gasteiger partial charge in [-0.3, -0.25) is 4.79 Å². The highest BCUT2D eigenvalue weighted by molar-refractivity contribution is 6.30. The first-order valence-electron chi connectivity index (χ1n) is 9.39. The number of amides is 1. The van der Waals surface area contributed by atoms with Gasteiger partial charge in [-0.05, 0) is 68.7 Å². The molecular formula is C22H27ClN2O2. The lowest BCUT2D eigenvalue weighted by molar-refractivity contribution is -0.138. The van der Waals surface area contributed by atoms with Crippen molar-refractivity contribution in [3.05, 3.63) is 58.1 Å². The van der Waals surface area contributed by atoms with E-state index in [4.69, 9.17) is 16.3 Å². The number of hydrogen-bond acceptors (Lipinski definition) is 3. The SMILES string of the molecule is Cc1cc(Cl)ccc1OC(C)C(=O)N1CCN(c2cccc(C)c2C)CC1. The van der Waals surface area contributed by atoms with Crippen LogP contribution in [0.15, 0.2) is 36.4 Å². The smallest absolute Gasteiger partial charge is 0.263 e. The Kier molecular flexibility index (Phi) is 5.95. The van der Waals surface area contributed by atoms with Crippen LogP contribution in [0.1, 0.15) is 23.6 Å². The Balaban J connectivity index is 1.60. The van der Waals surface area contributed by atoms with Gasteiger partial charge in [0.15, 0.2) is 6.10 Å². The summed E-state index contributed by atoms with van der Waals surface area (Å²) in [6.45, 7) is 11.1. The fraction of sp³-hybridized carbons (Fsp3) is 0.409. The van der Waals surface area contributed by atoms with Gasteiger partial charge in [0.1, 0.15) is 5.75 Å². The van der Waals surface area contributed by atoms with Gasteiger partial charge in [0.25, 0.3) is 5.91 Å². The van der Waals surface area contributed by atoms with Gasteiger partial charge in [0.2, 0.25) is 0 Å².